The minimum Gasteiger partial charge on any atom is -0.0915 e. The molecule has 0 N–H and O–H groups in total. The van der Waals surface area contributed by atoms with Gasteiger partial charge in [0.25, 0.3) is 14.1 Å². The van der Waals surface area contributed by atoms with Gasteiger partial charge in [0.1, 0.15) is 0 Å². The Bertz CT molecular complexity index is 194. The molecule has 0 saturated heterocycles. The molecule has 2 atom stereocenters. The molecule has 1 heteroatoms. The topological polar surface area (TPSA) is 0 Å². The maximum atomic E-state index is 2.53. The van der Waals surface area contributed by atoms with Crippen molar-refractivity contribution in [2.75, 3.05) is 0 Å². The van der Waals surface area contributed by atoms with Crippen LogP contribution in [0.1, 0.15) is 92.9 Å². The van der Waals surface area contributed by atoms with Crippen LogP contribution in [0.3, 0.4) is 0 Å². The van der Waals surface area contributed by atoms with Crippen LogP contribution in [0.15, 0.2) is 0 Å². The second-order valence-electron chi connectivity index (χ2n) is 8.17. The van der Waals surface area contributed by atoms with Crippen LogP contribution in [0.4, 0.5) is 0 Å². The van der Waals surface area contributed by atoms with E-state index in [-0.39, 0.29) is 0 Å². The van der Waals surface area contributed by atoms with Crippen molar-refractivity contribution in [3.63, 3.8) is 0 Å². The molecule has 0 aromatic rings. The predicted octanol–water partition coefficient (Wildman–Crippen LogP) is 7.57. The van der Waals surface area contributed by atoms with Gasteiger partial charge in [-0.25, -0.2) is 0 Å². The summed E-state index contributed by atoms with van der Waals surface area (Å²) in [5.41, 5.74) is 0. The first kappa shape index (κ1) is 21.5. The van der Waals surface area contributed by atoms with Gasteiger partial charge in [-0.2, -0.15) is 0 Å². The standard InChI is InChI=1S/2C8H17.C4H9.Al/c2*1-4-5-6-7-8(2)3;1-4(2)3;/h2*8H,2,4-7H2,1,3H3;4H,1H2,2-3H3;. The van der Waals surface area contributed by atoms with Gasteiger partial charge in [0.2, 0.25) is 0 Å². The maximum Gasteiger partial charge on any atom is 0.262 e. The fourth-order valence-electron chi connectivity index (χ4n) is 3.81. The molecule has 2 unspecified atom stereocenters. The van der Waals surface area contributed by atoms with E-state index in [9.17, 15) is 0 Å². The molecule has 0 rings (SSSR count). The maximum absolute atomic E-state index is 2.53. The lowest BCUT2D eigenvalue weighted by Gasteiger charge is -2.22. The number of rotatable bonds is 14. The smallest absolute Gasteiger partial charge is 0.0915 e. The zero-order valence-electron chi connectivity index (χ0n) is 16.1. The Morgan fingerprint density at radius 3 is 1.38 bits per heavy atom. The molecule has 0 spiro atoms. The zero-order valence-corrected chi connectivity index (χ0v) is 17.2. The van der Waals surface area contributed by atoms with Crippen molar-refractivity contribution in [1.82, 2.24) is 0 Å². The fourth-order valence-corrected chi connectivity index (χ4v) is 8.47. The van der Waals surface area contributed by atoms with Gasteiger partial charge in [-0.05, 0) is 0 Å². The average molecular weight is 311 g/mol. The summed E-state index contributed by atoms with van der Waals surface area (Å²) in [5, 5.41) is 4.80. The molecule has 126 valence electrons. The molecule has 0 aromatic heterocycles. The van der Waals surface area contributed by atoms with Crippen molar-refractivity contribution in [1.29, 1.82) is 0 Å². The Morgan fingerprint density at radius 2 is 1.05 bits per heavy atom. The van der Waals surface area contributed by atoms with Gasteiger partial charge in [0.15, 0.2) is 0 Å². The lowest BCUT2D eigenvalue weighted by molar-refractivity contribution is 0.510. The van der Waals surface area contributed by atoms with Crippen molar-refractivity contribution in [3.8, 4) is 0 Å². The monoisotopic (exact) mass is 310 g/mol. The van der Waals surface area contributed by atoms with Gasteiger partial charge >= 0.3 is 0 Å². The first-order valence-electron chi connectivity index (χ1n) is 9.99. The lowest BCUT2D eigenvalue weighted by atomic mass is 10.1. The Kier molecular flexibility index (Phi) is 14.5. The highest BCUT2D eigenvalue weighted by Crippen LogP contribution is 2.26. The molecule has 21 heavy (non-hydrogen) atoms. The summed E-state index contributed by atoms with van der Waals surface area (Å²) in [6.07, 6.45) is 11.5. The minimum atomic E-state index is -0.510. The van der Waals surface area contributed by atoms with Gasteiger partial charge in [0.05, 0.1) is 0 Å². The molecule has 0 nitrogen and oxygen atoms in total. The summed E-state index contributed by atoms with van der Waals surface area (Å²) in [6, 6.07) is 0. The third-order valence-electron chi connectivity index (χ3n) is 4.88. The van der Waals surface area contributed by atoms with Crippen molar-refractivity contribution in [3.05, 3.63) is 0 Å². The molecule has 0 amide bonds. The van der Waals surface area contributed by atoms with Gasteiger partial charge < -0.3 is 0 Å². The first-order chi connectivity index (χ1) is 9.99. The van der Waals surface area contributed by atoms with Crippen LogP contribution in [-0.4, -0.2) is 14.1 Å². The average Bonchev–Trinajstić information content (AvgIpc) is 2.38. The van der Waals surface area contributed by atoms with Crippen LogP contribution in [0.5, 0.6) is 0 Å². The van der Waals surface area contributed by atoms with Crippen molar-refractivity contribution < 1.29 is 0 Å². The Hall–Kier alpha value is 0.532. The largest absolute Gasteiger partial charge is 0.262 e. The second-order valence-corrected chi connectivity index (χ2v) is 11.3. The zero-order chi connectivity index (χ0) is 16.1. The van der Waals surface area contributed by atoms with E-state index in [2.05, 4.69) is 41.5 Å². The van der Waals surface area contributed by atoms with Crippen molar-refractivity contribution in [2.24, 2.45) is 17.8 Å². The Balaban J connectivity index is 4.11. The second kappa shape index (κ2) is 14.1. The van der Waals surface area contributed by atoms with E-state index in [0.717, 1.165) is 17.8 Å². The van der Waals surface area contributed by atoms with E-state index in [1.54, 1.807) is 15.8 Å². The number of unbranched alkanes of at least 4 members (excludes halogenated alkanes) is 4. The van der Waals surface area contributed by atoms with Crippen molar-refractivity contribution >= 4 is 14.1 Å². The van der Waals surface area contributed by atoms with Crippen LogP contribution < -0.4 is 0 Å². The molecule has 0 radical (unpaired) electrons. The van der Waals surface area contributed by atoms with E-state index in [0.29, 0.717) is 0 Å². The van der Waals surface area contributed by atoms with Crippen LogP contribution in [-0.2, 0) is 0 Å². The normalized spacial score (nSPS) is 14.4. The molecule has 0 saturated carbocycles. The molecular weight excluding hydrogens is 267 g/mol. The SMILES string of the molecule is CCCCCC(C)[CH2][Al]([CH2]C(C)C)[CH2]C(C)CCCCC. The Labute approximate surface area is 140 Å². The highest BCUT2D eigenvalue weighted by Gasteiger charge is 2.23. The molecular formula is C20H43Al. The highest BCUT2D eigenvalue weighted by molar-refractivity contribution is 6.58. The minimum absolute atomic E-state index is 0.510. The van der Waals surface area contributed by atoms with Gasteiger partial charge in [-0.3, -0.25) is 0 Å². The van der Waals surface area contributed by atoms with E-state index in [4.69, 9.17) is 0 Å². The summed E-state index contributed by atoms with van der Waals surface area (Å²) in [7, 11) is 0. The summed E-state index contributed by atoms with van der Waals surface area (Å²) in [4.78, 5) is 0. The van der Waals surface area contributed by atoms with Crippen molar-refractivity contribution in [2.45, 2.75) is 109 Å². The predicted molar refractivity (Wildman–Crippen MR) is 102 cm³/mol. The highest BCUT2D eigenvalue weighted by atomic mass is 27.2. The van der Waals surface area contributed by atoms with E-state index in [1.807, 2.05) is 0 Å². The summed E-state index contributed by atoms with van der Waals surface area (Å²) in [6.45, 7) is 14.6. The van der Waals surface area contributed by atoms with Gasteiger partial charge in [-0.15, -0.1) is 0 Å². The van der Waals surface area contributed by atoms with Crippen LogP contribution >= 0.6 is 0 Å². The van der Waals surface area contributed by atoms with Gasteiger partial charge in [-0.1, -0.05) is 127 Å². The number of hydrogen-bond acceptors (Lipinski definition) is 0. The van der Waals surface area contributed by atoms with Gasteiger partial charge in [0, 0.05) is 0 Å². The molecule has 0 heterocycles. The van der Waals surface area contributed by atoms with E-state index < -0.39 is 14.1 Å². The number of hydrogen-bond donors (Lipinski definition) is 0. The molecule has 0 fully saturated rings. The van der Waals surface area contributed by atoms with Crippen LogP contribution in [0.2, 0.25) is 15.8 Å². The third kappa shape index (κ3) is 13.9. The molecule has 0 aliphatic carbocycles. The fraction of sp³-hybridized carbons (Fsp3) is 1.00. The van der Waals surface area contributed by atoms with E-state index in [1.165, 1.54) is 51.4 Å². The summed E-state index contributed by atoms with van der Waals surface area (Å²) < 4.78 is 0. The molecule has 0 aliphatic rings. The lowest BCUT2D eigenvalue weighted by Crippen LogP contribution is -2.21. The molecule has 0 aliphatic heterocycles. The summed E-state index contributed by atoms with van der Waals surface area (Å²) in [5.74, 6) is 2.91. The summed E-state index contributed by atoms with van der Waals surface area (Å²) >= 11 is -0.510. The molecule has 0 bridgehead atoms. The molecule has 0 aromatic carbocycles. The van der Waals surface area contributed by atoms with Crippen LogP contribution in [0, 0.1) is 17.8 Å². The van der Waals surface area contributed by atoms with Crippen LogP contribution in [0.25, 0.3) is 0 Å². The quantitative estimate of drug-likeness (QED) is 0.229. The Morgan fingerprint density at radius 1 is 0.619 bits per heavy atom. The third-order valence-corrected chi connectivity index (χ3v) is 9.43. The first-order valence-corrected chi connectivity index (χ1v) is 12.4. The van der Waals surface area contributed by atoms with E-state index >= 15 is 0 Å².